The van der Waals surface area contributed by atoms with E-state index in [0.29, 0.717) is 29.8 Å². The first-order chi connectivity index (χ1) is 91.2. The second kappa shape index (κ2) is 43.7. The minimum absolute atomic E-state index is 0.00451. The lowest BCUT2D eigenvalue weighted by atomic mass is 10.0. The summed E-state index contributed by atoms with van der Waals surface area (Å²) >= 11 is 0. The molecule has 30 nitrogen and oxygen atoms in total. The number of benzene rings is 6. The number of aromatic nitrogens is 6. The zero-order valence-electron chi connectivity index (χ0n) is 145. The summed E-state index contributed by atoms with van der Waals surface area (Å²) in [5.74, 6) is 0. The van der Waals surface area contributed by atoms with Gasteiger partial charge in [0.25, 0.3) is 0 Å². The Morgan fingerprint density at radius 1 is 0.310 bits per heavy atom. The van der Waals surface area contributed by atoms with Crippen LogP contribution >= 0.6 is 0 Å². The quantitative estimate of drug-likeness (QED) is 0.0186. The van der Waals surface area contributed by atoms with Crippen LogP contribution < -0.4 is 31.9 Å². The van der Waals surface area contributed by atoms with Gasteiger partial charge in [0.15, 0.2) is 16.9 Å². The number of fused-ring (bicyclic) bond motifs is 6. The smallest absolute Gasteiger partial charge is 0.407 e. The summed E-state index contributed by atoms with van der Waals surface area (Å²) in [6, 6.07) is 0.714. The molecule has 0 radical (unpaired) electrons. The molecule has 12 aromatic rings. The molecular formula is C96H126N18O12. The number of rotatable bonds is 30. The van der Waals surface area contributed by atoms with Crippen molar-refractivity contribution < 1.29 is 165 Å². The normalized spacial score (nSPS) is 35.6. The van der Waals surface area contributed by atoms with Gasteiger partial charge in [-0.1, -0.05) is 36.4 Å². The molecule has 6 aromatic heterocycles. The maximum absolute atomic E-state index is 11.8. The van der Waals surface area contributed by atoms with Gasteiger partial charge in [-0.15, -0.1) is 0 Å². The number of nitrogens with one attached hydrogen (secondary N) is 12. The van der Waals surface area contributed by atoms with Gasteiger partial charge in [-0.3, -0.25) is 0 Å². The highest BCUT2D eigenvalue weighted by molar-refractivity contribution is 5.88. The predicted molar refractivity (Wildman–Crippen MR) is 495 cm³/mol. The number of cyclic esters (lactones) is 6. The van der Waals surface area contributed by atoms with Gasteiger partial charge in [0, 0.05) is 199 Å². The van der Waals surface area contributed by atoms with E-state index in [1.165, 1.54) is 49.3 Å². The highest BCUT2D eigenvalue weighted by atomic mass is 16.6. The number of H-pyrrole nitrogens is 6. The largest absolute Gasteiger partial charge is 0.447 e. The van der Waals surface area contributed by atoms with Crippen LogP contribution in [0.1, 0.15) is 157 Å². The van der Waals surface area contributed by atoms with Crippen LogP contribution in [0.25, 0.3) is 65.4 Å². The van der Waals surface area contributed by atoms with E-state index in [2.05, 4.69) is 28.4 Å². The number of carbonyl (C=O) groups is 6. The first kappa shape index (κ1) is 34.9. The molecule has 0 unspecified atom stereocenters. The molecule has 6 aliphatic rings. The number of ether oxygens (including phenoxy) is 6. The van der Waals surface area contributed by atoms with Crippen molar-refractivity contribution in [1.82, 2.24) is 91.1 Å². The monoisotopic (exact) mass is 1800 g/mol. The highest BCUT2D eigenvalue weighted by Crippen LogP contribution is 2.29. The Kier molecular flexibility index (Phi) is 12.1. The number of nitrogens with zero attached hydrogens (tertiary/aromatic N) is 6. The zero-order valence-corrected chi connectivity index (χ0v) is 66.6. The van der Waals surface area contributed by atoms with E-state index in [4.69, 9.17) is 107 Å². The lowest BCUT2D eigenvalue weighted by Gasteiger charge is -2.09. The van der Waals surface area contributed by atoms with E-state index in [0.717, 1.165) is 103 Å². The first-order valence-electron chi connectivity index (χ1n) is 74.9. The fraction of sp³-hybridized carbons (Fsp3) is 0.438. The van der Waals surface area contributed by atoms with Crippen molar-refractivity contribution >= 4 is 102 Å². The minimum atomic E-state index is -3.42. The molecule has 0 aliphatic carbocycles. The summed E-state index contributed by atoms with van der Waals surface area (Å²) in [5.41, 5.74) is -4.02. The van der Waals surface area contributed by atoms with Crippen molar-refractivity contribution in [3.05, 3.63) is 213 Å². The third kappa shape index (κ3) is 26.5. The zero-order chi connectivity index (χ0) is 157. The van der Waals surface area contributed by atoms with Crippen molar-refractivity contribution in [3.63, 3.8) is 0 Å². The van der Waals surface area contributed by atoms with Gasteiger partial charge in [0.1, 0.15) is 39.4 Å². The Morgan fingerprint density at radius 2 is 0.524 bits per heavy atom. The fourth-order valence-electron chi connectivity index (χ4n) is 11.2. The van der Waals surface area contributed by atoms with E-state index < -0.39 is 321 Å². The van der Waals surface area contributed by atoms with Gasteiger partial charge in [-0.2, -0.15) is 0 Å². The van der Waals surface area contributed by atoms with Crippen LogP contribution in [-0.4, -0.2) is 295 Å². The van der Waals surface area contributed by atoms with Crippen LogP contribution in [0.4, 0.5) is 28.8 Å². The van der Waals surface area contributed by atoms with Crippen molar-refractivity contribution in [1.29, 1.82) is 0 Å². The van der Waals surface area contributed by atoms with Gasteiger partial charge in [0.05, 0.1) is 69.0 Å². The average Bonchev–Trinajstić information content (AvgIpc) is 1.56. The lowest BCUT2D eigenvalue weighted by molar-refractivity contribution is 0.176. The molecule has 6 amide bonds. The van der Waals surface area contributed by atoms with E-state index in [1.807, 2.05) is 0 Å². The van der Waals surface area contributed by atoms with Gasteiger partial charge < -0.3 is 120 Å². The third-order valence-corrected chi connectivity index (χ3v) is 16.7. The molecule has 672 valence electrons. The molecule has 12 heterocycles. The van der Waals surface area contributed by atoms with Gasteiger partial charge in [-0.05, 0) is 300 Å². The molecule has 6 saturated heterocycles. The van der Waals surface area contributed by atoms with Gasteiger partial charge in [-0.25, -0.2) is 28.8 Å². The molecule has 18 rings (SSSR count). The molecule has 0 saturated carbocycles. The maximum atomic E-state index is 11.8. The Morgan fingerprint density at radius 3 is 0.746 bits per heavy atom. The molecule has 6 aromatic carbocycles. The van der Waals surface area contributed by atoms with Crippen LogP contribution in [0.5, 0.6) is 0 Å². The van der Waals surface area contributed by atoms with E-state index in [9.17, 15) is 28.8 Å². The standard InChI is InChI=1S/6C16H21N3O2/c6*1-19(2)6-5-12-9-17-15-4-3-11(8-14(12)15)7-13-10-21-16(20)18-13/h6*3-4,8-9,13,17H,5-7,10H2,1-2H3,(H,18,20)/t6*13-/m000000/s1/i1D3,2D3,6D2,7D2,9D,10D2,13D;1D3,2D3,5D2,7D2,9D,10D2,13D;1D3,6D2,7D2,9D,10D2,13D;1D3,5D2,7D2,9D,10D2,13D;6D2,7D2,9D,10D2,13D;5D2,7D2,9D,10D2,13D/hD12. The number of amides is 6. The molecule has 126 heavy (non-hydrogen) atoms. The number of aryl methyl sites for hydroxylation is 3. The topological polar surface area (TPSA) is 344 Å². The Bertz CT molecular complexity index is 9600. The number of hydrogen-bond donors (Lipinski definition) is 12. The molecular weight excluding hydrogens is 1600 g/mol. The van der Waals surface area contributed by atoms with E-state index >= 15 is 0 Å². The summed E-state index contributed by atoms with van der Waals surface area (Å²) in [4.78, 5) is 77.8. The lowest BCUT2D eigenvalue weighted by Crippen LogP contribution is -2.28. The van der Waals surface area contributed by atoms with Crippen molar-refractivity contribution in [2.75, 3.05) is 163 Å². The third-order valence-electron chi connectivity index (χ3n) is 16.7. The average molecular weight is 1800 g/mol. The first-order valence-corrected chi connectivity index (χ1v) is 36.5. The van der Waals surface area contributed by atoms with E-state index in [-0.39, 0.29) is 160 Å². The molecule has 30 heteroatoms. The number of carbonyl (C=O) groups excluding carboxylic acids is 6. The van der Waals surface area contributed by atoms with Crippen LogP contribution in [0, 0.1) is 0 Å². The fourth-order valence-corrected chi connectivity index (χ4v) is 11.2. The SMILES string of the molecule is [2H]c1c(C([2H])([2H])CN(C([2H])([2H])[2H])C([2H])([2H])[2H])c2cc(C([2H])([2H])[C@]3([2H])N([2H])C(=O)OC3([2H])[2H])ccc2n1[2H].[2H]c1c(C([2H])([2H])CN(C)C([2H])([2H])[2H])c2cc(C([2H])([2H])[C@]3([2H])N([2H])C(=O)OC3([2H])[2H])ccc2n1[2H].[2H]c1c(C([2H])([2H])CN(C)C)c2cc(C([2H])([2H])[C@]3([2H])N([2H])C(=O)OC3([2H])[2H])ccc2n1[2H].[2H]c1c(CC([2H])([2H])N(C([2H])([2H])[2H])C([2H])([2H])[2H])c2cc(C([2H])([2H])[C@]3([2H])N([2H])C(=O)OC3([2H])[2H])ccc2n1[2H].[2H]c1c(CC([2H])([2H])N(C)C([2H])([2H])[2H])c2cc(C([2H])([2H])[C@]3([2H])N([2H])C(=O)OC3([2H])[2H])ccc2n1[2H].[2H]c1c(CC([2H])([2H])N(C)C)c2cc(C([2H])([2H])[C@]3([2H])N([2H])C(=O)OC3([2H])[2H])ccc2n1[2H]. The predicted octanol–water partition coefficient (Wildman–Crippen LogP) is 11.5. The number of aromatic amines is 6. The Hall–Kier alpha value is -12.1. The molecule has 0 spiro atoms. The summed E-state index contributed by atoms with van der Waals surface area (Å²) in [6.45, 7) is -47.7. The summed E-state index contributed by atoms with van der Waals surface area (Å²) in [5, 5.41) is -1.94. The van der Waals surface area contributed by atoms with Gasteiger partial charge >= 0.3 is 36.6 Å². The van der Waals surface area contributed by atoms with Crippen molar-refractivity contribution in [3.8, 4) is 0 Å². The second-order valence-corrected chi connectivity index (χ2v) is 26.6. The highest BCUT2D eigenvalue weighted by Gasteiger charge is 2.29. The maximum Gasteiger partial charge on any atom is 0.407 e. The number of hydrogen-bond acceptors (Lipinski definition) is 18. The van der Waals surface area contributed by atoms with Crippen LogP contribution in [0.2, 0.25) is 16.9 Å². The summed E-state index contributed by atoms with van der Waals surface area (Å²) < 4.78 is 651. The number of alkyl carbamates (subject to hydrolysis) is 6. The molecule has 0 bridgehead atoms. The summed E-state index contributed by atoms with van der Waals surface area (Å²) in [7, 11) is 8.49. The van der Waals surface area contributed by atoms with E-state index in [1.54, 1.807) is 19.0 Å². The second-order valence-electron chi connectivity index (χ2n) is 26.6. The minimum Gasteiger partial charge on any atom is -0.447 e. The Balaban J connectivity index is 0.000000196. The molecule has 6 fully saturated rings. The van der Waals surface area contributed by atoms with Gasteiger partial charge in [0.2, 0.25) is 0 Å². The van der Waals surface area contributed by atoms with Crippen LogP contribution in [0.3, 0.4) is 0 Å². The molecule has 6 aliphatic heterocycles. The van der Waals surface area contributed by atoms with Crippen molar-refractivity contribution in [2.24, 2.45) is 0 Å². The molecule has 12 N–H and O–H groups in total. The summed E-state index contributed by atoms with van der Waals surface area (Å²) in [6.07, 6.45) is -40.5. The van der Waals surface area contributed by atoms with Crippen LogP contribution in [-0.2, 0) is 105 Å². The Labute approximate surface area is 846 Å². The van der Waals surface area contributed by atoms with Crippen LogP contribution in [0.15, 0.2) is 146 Å². The van der Waals surface area contributed by atoms with Crippen molar-refractivity contribution in [2.45, 2.75) is 113 Å². The molecule has 6 atom stereocenters. The number of likely N-dealkylation sites (N-methyl/N-ethyl adjacent to an activating group) is 6.